The van der Waals surface area contributed by atoms with Crippen LogP contribution in [0.15, 0.2) is 30.3 Å². The molecule has 0 aliphatic carbocycles. The van der Waals surface area contributed by atoms with Gasteiger partial charge in [-0.05, 0) is 18.9 Å². The summed E-state index contributed by atoms with van der Waals surface area (Å²) in [5.41, 5.74) is 3.64. The molecular formula is C18H24N4O. The van der Waals surface area contributed by atoms with E-state index < -0.39 is 0 Å². The molecule has 1 aromatic carbocycles. The van der Waals surface area contributed by atoms with Gasteiger partial charge in [-0.3, -0.25) is 4.90 Å². The Hall–Kier alpha value is -1.85. The fourth-order valence-corrected chi connectivity index (χ4v) is 3.73. The zero-order valence-corrected chi connectivity index (χ0v) is 13.8. The highest BCUT2D eigenvalue weighted by Crippen LogP contribution is 2.28. The Balaban J connectivity index is 1.50. The number of benzene rings is 1. The van der Waals surface area contributed by atoms with Gasteiger partial charge in [-0.15, -0.1) is 0 Å². The molecule has 2 atom stereocenters. The molecule has 2 aliphatic heterocycles. The molecular weight excluding hydrogens is 288 g/mol. The molecule has 0 radical (unpaired) electrons. The van der Waals surface area contributed by atoms with Gasteiger partial charge >= 0.3 is 0 Å². The summed E-state index contributed by atoms with van der Waals surface area (Å²) in [6.07, 6.45) is 1.31. The maximum atomic E-state index is 6.38. The van der Waals surface area contributed by atoms with E-state index in [2.05, 4.69) is 52.6 Å². The van der Waals surface area contributed by atoms with E-state index in [1.807, 2.05) is 11.7 Å². The fraction of sp³-hybridized carbons (Fsp3) is 0.500. The zero-order valence-electron chi connectivity index (χ0n) is 13.8. The first kappa shape index (κ1) is 14.7. The number of likely N-dealkylation sites (tertiary alicyclic amines) is 1. The van der Waals surface area contributed by atoms with Crippen LogP contribution < -0.4 is 10.1 Å². The summed E-state index contributed by atoms with van der Waals surface area (Å²) in [6.45, 7) is 5.97. The van der Waals surface area contributed by atoms with Crippen LogP contribution in [0.1, 0.15) is 23.2 Å². The smallest absolute Gasteiger partial charge is 0.216 e. The van der Waals surface area contributed by atoms with Crippen LogP contribution in [-0.2, 0) is 20.1 Å². The van der Waals surface area contributed by atoms with Gasteiger partial charge in [0.2, 0.25) is 5.88 Å². The van der Waals surface area contributed by atoms with Crippen molar-refractivity contribution in [2.45, 2.75) is 38.6 Å². The molecule has 2 aromatic rings. The number of rotatable bonds is 2. The second kappa shape index (κ2) is 5.98. The van der Waals surface area contributed by atoms with E-state index >= 15 is 0 Å². The van der Waals surface area contributed by atoms with Crippen LogP contribution in [0.25, 0.3) is 0 Å². The molecule has 2 aliphatic rings. The van der Waals surface area contributed by atoms with Gasteiger partial charge in [-0.1, -0.05) is 30.3 Å². The molecule has 0 amide bonds. The summed E-state index contributed by atoms with van der Waals surface area (Å²) in [5, 5.41) is 8.17. The van der Waals surface area contributed by atoms with Gasteiger partial charge in [0, 0.05) is 39.3 Å². The van der Waals surface area contributed by atoms with Gasteiger partial charge in [0.15, 0.2) is 0 Å². The minimum Gasteiger partial charge on any atom is -0.471 e. The SMILES string of the molecule is Cc1nn(C)c2c1CNC1CCN(Cc3ccccc3)CC1O2. The molecule has 3 heterocycles. The van der Waals surface area contributed by atoms with Gasteiger partial charge in [-0.25, -0.2) is 4.68 Å². The first-order chi connectivity index (χ1) is 11.2. The Morgan fingerprint density at radius 2 is 2.13 bits per heavy atom. The van der Waals surface area contributed by atoms with Crippen molar-refractivity contribution in [1.82, 2.24) is 20.0 Å². The number of aromatic nitrogens is 2. The highest BCUT2D eigenvalue weighted by atomic mass is 16.5. The van der Waals surface area contributed by atoms with Crippen molar-refractivity contribution in [3.63, 3.8) is 0 Å². The largest absolute Gasteiger partial charge is 0.471 e. The lowest BCUT2D eigenvalue weighted by atomic mass is 10.0. The average molecular weight is 312 g/mol. The Morgan fingerprint density at radius 3 is 2.96 bits per heavy atom. The van der Waals surface area contributed by atoms with Crippen LogP contribution >= 0.6 is 0 Å². The van der Waals surface area contributed by atoms with Gasteiger partial charge in [0.1, 0.15) is 6.10 Å². The predicted octanol–water partition coefficient (Wildman–Crippen LogP) is 1.85. The lowest BCUT2D eigenvalue weighted by Gasteiger charge is -2.37. The molecule has 0 bridgehead atoms. The Bertz CT molecular complexity index is 682. The standard InChI is InChI=1S/C18H24N4O/c1-13-15-10-19-16-8-9-22(11-14-6-4-3-5-7-14)12-17(16)23-18(15)21(2)20-13/h3-7,16-17,19H,8-12H2,1-2H3. The van der Waals surface area contributed by atoms with E-state index in [4.69, 9.17) is 4.74 Å². The van der Waals surface area contributed by atoms with Crippen molar-refractivity contribution >= 4 is 0 Å². The molecule has 0 saturated carbocycles. The maximum Gasteiger partial charge on any atom is 0.216 e. The number of hydrogen-bond acceptors (Lipinski definition) is 4. The molecule has 0 spiro atoms. The second-order valence-electron chi connectivity index (χ2n) is 6.65. The number of aryl methyl sites for hydroxylation is 2. The highest BCUT2D eigenvalue weighted by molar-refractivity contribution is 5.32. The van der Waals surface area contributed by atoms with Crippen molar-refractivity contribution in [3.05, 3.63) is 47.2 Å². The molecule has 5 nitrogen and oxygen atoms in total. The number of nitrogens with one attached hydrogen (secondary N) is 1. The number of nitrogens with zero attached hydrogens (tertiary/aromatic N) is 3. The zero-order chi connectivity index (χ0) is 15.8. The van der Waals surface area contributed by atoms with E-state index in [0.29, 0.717) is 6.04 Å². The van der Waals surface area contributed by atoms with E-state index in [1.54, 1.807) is 0 Å². The minimum atomic E-state index is 0.184. The number of ether oxygens (including phenoxy) is 1. The predicted molar refractivity (Wildman–Crippen MR) is 89.3 cm³/mol. The summed E-state index contributed by atoms with van der Waals surface area (Å²) >= 11 is 0. The van der Waals surface area contributed by atoms with Crippen LogP contribution in [0.4, 0.5) is 0 Å². The monoisotopic (exact) mass is 312 g/mol. The van der Waals surface area contributed by atoms with Crippen molar-refractivity contribution in [2.75, 3.05) is 13.1 Å². The van der Waals surface area contributed by atoms with Crippen LogP contribution in [-0.4, -0.2) is 39.9 Å². The van der Waals surface area contributed by atoms with E-state index in [-0.39, 0.29) is 6.10 Å². The second-order valence-corrected chi connectivity index (χ2v) is 6.65. The van der Waals surface area contributed by atoms with Gasteiger partial charge in [0.25, 0.3) is 0 Å². The summed E-state index contributed by atoms with van der Waals surface area (Å²) in [4.78, 5) is 2.49. The lowest BCUT2D eigenvalue weighted by Crippen LogP contribution is -2.53. The molecule has 4 rings (SSSR count). The van der Waals surface area contributed by atoms with Crippen molar-refractivity contribution in [2.24, 2.45) is 7.05 Å². The topological polar surface area (TPSA) is 42.3 Å². The average Bonchev–Trinajstić information content (AvgIpc) is 2.73. The number of fused-ring (bicyclic) bond motifs is 2. The molecule has 122 valence electrons. The van der Waals surface area contributed by atoms with Crippen LogP contribution in [0.3, 0.4) is 0 Å². The maximum absolute atomic E-state index is 6.38. The molecule has 1 aromatic heterocycles. The van der Waals surface area contributed by atoms with Crippen molar-refractivity contribution in [1.29, 1.82) is 0 Å². The minimum absolute atomic E-state index is 0.184. The normalized spacial score (nSPS) is 24.4. The third kappa shape index (κ3) is 2.86. The van der Waals surface area contributed by atoms with E-state index in [1.165, 1.54) is 11.1 Å². The lowest BCUT2D eigenvalue weighted by molar-refractivity contribution is 0.0537. The van der Waals surface area contributed by atoms with Crippen molar-refractivity contribution in [3.8, 4) is 5.88 Å². The van der Waals surface area contributed by atoms with E-state index in [0.717, 1.165) is 44.2 Å². The number of hydrogen-bond donors (Lipinski definition) is 1. The highest BCUT2D eigenvalue weighted by Gasteiger charge is 2.34. The summed E-state index contributed by atoms with van der Waals surface area (Å²) in [5.74, 6) is 0.934. The van der Waals surface area contributed by atoms with Crippen molar-refractivity contribution < 1.29 is 4.74 Å². The van der Waals surface area contributed by atoms with Crippen LogP contribution in [0, 0.1) is 6.92 Å². The van der Waals surface area contributed by atoms with Gasteiger partial charge in [0.05, 0.1) is 11.3 Å². The van der Waals surface area contributed by atoms with Crippen LogP contribution in [0.2, 0.25) is 0 Å². The fourth-order valence-electron chi connectivity index (χ4n) is 3.73. The Kier molecular flexibility index (Phi) is 3.83. The molecule has 23 heavy (non-hydrogen) atoms. The van der Waals surface area contributed by atoms with Gasteiger partial charge in [-0.2, -0.15) is 5.10 Å². The first-order valence-corrected chi connectivity index (χ1v) is 8.39. The molecule has 2 unspecified atom stereocenters. The summed E-state index contributed by atoms with van der Waals surface area (Å²) in [6, 6.07) is 11.1. The molecule has 5 heteroatoms. The third-order valence-corrected chi connectivity index (χ3v) is 4.99. The Labute approximate surface area is 137 Å². The van der Waals surface area contributed by atoms with E-state index in [9.17, 15) is 0 Å². The van der Waals surface area contributed by atoms with Gasteiger partial charge < -0.3 is 10.1 Å². The molecule has 1 saturated heterocycles. The summed E-state index contributed by atoms with van der Waals surface area (Å²) in [7, 11) is 1.97. The number of piperidine rings is 1. The first-order valence-electron chi connectivity index (χ1n) is 8.39. The third-order valence-electron chi connectivity index (χ3n) is 4.99. The Morgan fingerprint density at radius 1 is 1.30 bits per heavy atom. The quantitative estimate of drug-likeness (QED) is 0.919. The molecule has 1 fully saturated rings. The van der Waals surface area contributed by atoms with Crippen LogP contribution in [0.5, 0.6) is 5.88 Å². The summed E-state index contributed by atoms with van der Waals surface area (Å²) < 4.78 is 8.26. The molecule has 1 N–H and O–H groups in total.